The summed E-state index contributed by atoms with van der Waals surface area (Å²) in [5.74, 6) is 0. The molecule has 0 N–H and O–H groups in total. The maximum absolute atomic E-state index is 2.60. The first-order valence-corrected chi connectivity index (χ1v) is 27.0. The van der Waals surface area contributed by atoms with E-state index in [0.29, 0.717) is 0 Å². The summed E-state index contributed by atoms with van der Waals surface area (Å²) in [6, 6.07) is 15.7. The van der Waals surface area contributed by atoms with E-state index in [4.69, 9.17) is 0 Å². The van der Waals surface area contributed by atoms with Gasteiger partial charge in [-0.1, -0.05) is 0 Å². The third kappa shape index (κ3) is 3.41. The number of nitrogens with zero attached hydrogens (tertiary/aromatic N) is 1. The van der Waals surface area contributed by atoms with Crippen LogP contribution < -0.4 is 7.42 Å². The normalized spacial score (nSPS) is 12.7. The van der Waals surface area contributed by atoms with Crippen molar-refractivity contribution in [3.8, 4) is 5.69 Å². The summed E-state index contributed by atoms with van der Waals surface area (Å²) in [6.45, 7) is 0. The monoisotopic (exact) mass is 471 g/mol. The first-order valence-electron chi connectivity index (χ1n) is 6.99. The van der Waals surface area contributed by atoms with Gasteiger partial charge in [-0.25, -0.2) is 0 Å². The Morgan fingerprint density at radius 2 is 1.05 bits per heavy atom. The average molecular weight is 469 g/mol. The molecule has 1 heterocycles. The van der Waals surface area contributed by atoms with E-state index in [2.05, 4.69) is 76.7 Å². The van der Waals surface area contributed by atoms with Crippen LogP contribution in [0.3, 0.4) is 0 Å². The molecular formula is C16H25NSn2. The second kappa shape index (κ2) is 5.47. The standard InChI is InChI=1S/C10H7N.6CH3.2Sn/c1-2-6-10(7-3-1)11-8-4-5-9-11;;;;;;;;/h1-7H;6*1H3;;. The minimum absolute atomic E-state index is 1.36. The summed E-state index contributed by atoms with van der Waals surface area (Å²) in [5.41, 5.74) is 1.36. The Morgan fingerprint density at radius 3 is 1.42 bits per heavy atom. The van der Waals surface area contributed by atoms with Gasteiger partial charge in [-0.3, -0.25) is 0 Å². The summed E-state index contributed by atoms with van der Waals surface area (Å²) >= 11 is -4.17. The Balaban J connectivity index is 2.71. The van der Waals surface area contributed by atoms with E-state index >= 15 is 0 Å². The molecule has 19 heavy (non-hydrogen) atoms. The molecule has 1 aromatic heterocycles. The summed E-state index contributed by atoms with van der Waals surface area (Å²) in [7, 11) is 0. The topological polar surface area (TPSA) is 4.93 Å². The molecule has 0 fully saturated rings. The second-order valence-corrected chi connectivity index (χ2v) is 35.9. The molecular weight excluding hydrogens is 444 g/mol. The second-order valence-electron chi connectivity index (χ2n) is 7.27. The van der Waals surface area contributed by atoms with Crippen LogP contribution in [-0.4, -0.2) is 41.3 Å². The zero-order valence-corrected chi connectivity index (χ0v) is 18.7. The van der Waals surface area contributed by atoms with Gasteiger partial charge in [0.05, 0.1) is 0 Å². The van der Waals surface area contributed by atoms with Crippen molar-refractivity contribution >= 4 is 44.2 Å². The van der Waals surface area contributed by atoms with Crippen molar-refractivity contribution in [3.63, 3.8) is 0 Å². The number of rotatable bonds is 3. The predicted octanol–water partition coefficient (Wildman–Crippen LogP) is 3.57. The summed E-state index contributed by atoms with van der Waals surface area (Å²) in [6.07, 6.45) is 0. The molecule has 0 aliphatic rings. The predicted molar refractivity (Wildman–Crippen MR) is 91.7 cm³/mol. The molecule has 0 radical (unpaired) electrons. The Morgan fingerprint density at radius 1 is 0.632 bits per heavy atom. The van der Waals surface area contributed by atoms with Crippen molar-refractivity contribution in [2.24, 2.45) is 0 Å². The van der Waals surface area contributed by atoms with Gasteiger partial charge in [0.1, 0.15) is 0 Å². The summed E-state index contributed by atoms with van der Waals surface area (Å²) in [4.78, 5) is 15.0. The molecule has 1 aromatic carbocycles. The number of aromatic nitrogens is 1. The van der Waals surface area contributed by atoms with Crippen LogP contribution in [0.15, 0.2) is 42.5 Å². The van der Waals surface area contributed by atoms with E-state index in [0.717, 1.165) is 0 Å². The zero-order chi connectivity index (χ0) is 14.3. The molecule has 0 atom stereocenters. The first-order chi connectivity index (χ1) is 8.71. The van der Waals surface area contributed by atoms with Crippen molar-refractivity contribution in [2.45, 2.75) is 29.6 Å². The third-order valence-electron chi connectivity index (χ3n) is 3.43. The first kappa shape index (κ1) is 15.5. The van der Waals surface area contributed by atoms with Crippen LogP contribution in [0.1, 0.15) is 0 Å². The van der Waals surface area contributed by atoms with E-state index in [9.17, 15) is 0 Å². The van der Waals surface area contributed by atoms with Gasteiger partial charge in [0, 0.05) is 0 Å². The van der Waals surface area contributed by atoms with Crippen molar-refractivity contribution in [3.05, 3.63) is 42.5 Å². The van der Waals surface area contributed by atoms with E-state index in [1.165, 1.54) is 5.69 Å². The van der Waals surface area contributed by atoms with Crippen molar-refractivity contribution in [2.75, 3.05) is 0 Å². The van der Waals surface area contributed by atoms with Crippen molar-refractivity contribution in [1.29, 1.82) is 0 Å². The van der Waals surface area contributed by atoms with Crippen LogP contribution in [0, 0.1) is 0 Å². The Kier molecular flexibility index (Phi) is 4.46. The van der Waals surface area contributed by atoms with Crippen LogP contribution in [0.25, 0.3) is 5.69 Å². The van der Waals surface area contributed by atoms with E-state index in [1.54, 1.807) is 7.42 Å². The van der Waals surface area contributed by atoms with Gasteiger partial charge in [0.15, 0.2) is 0 Å². The number of hydrogen-bond acceptors (Lipinski definition) is 0. The fraction of sp³-hybridized carbons (Fsp3) is 0.375. The quantitative estimate of drug-likeness (QED) is 0.607. The number of benzene rings is 1. The Labute approximate surface area is 125 Å². The van der Waals surface area contributed by atoms with Crippen LogP contribution in [-0.2, 0) is 0 Å². The van der Waals surface area contributed by atoms with Crippen LogP contribution >= 0.6 is 0 Å². The van der Waals surface area contributed by atoms with Gasteiger partial charge in [0.2, 0.25) is 0 Å². The van der Waals surface area contributed by atoms with Gasteiger partial charge in [-0.2, -0.15) is 0 Å². The van der Waals surface area contributed by atoms with Crippen LogP contribution in [0.4, 0.5) is 0 Å². The molecule has 0 amide bonds. The zero-order valence-electron chi connectivity index (χ0n) is 13.0. The van der Waals surface area contributed by atoms with Gasteiger partial charge < -0.3 is 0 Å². The minimum atomic E-state index is -2.09. The molecule has 0 unspecified atom stereocenters. The van der Waals surface area contributed by atoms with Gasteiger partial charge in [-0.15, -0.1) is 0 Å². The fourth-order valence-electron chi connectivity index (χ4n) is 2.46. The molecule has 0 saturated carbocycles. The summed E-state index contributed by atoms with van der Waals surface area (Å²) < 4.78 is 5.86. The van der Waals surface area contributed by atoms with Crippen LogP contribution in [0.5, 0.6) is 0 Å². The summed E-state index contributed by atoms with van der Waals surface area (Å²) in [5, 5.41) is 0. The fourth-order valence-corrected chi connectivity index (χ4v) is 12.0. The number of hydrogen-bond donors (Lipinski definition) is 0. The van der Waals surface area contributed by atoms with E-state index in [-0.39, 0.29) is 0 Å². The van der Waals surface area contributed by atoms with E-state index in [1.807, 2.05) is 0 Å². The maximum atomic E-state index is 2.60. The molecule has 1 nitrogen and oxygen atoms in total. The van der Waals surface area contributed by atoms with Gasteiger partial charge in [0.25, 0.3) is 0 Å². The molecule has 0 aliphatic carbocycles. The van der Waals surface area contributed by atoms with Crippen molar-refractivity contribution < 1.29 is 0 Å². The average Bonchev–Trinajstić information content (AvgIpc) is 2.73. The van der Waals surface area contributed by atoms with Crippen molar-refractivity contribution in [1.82, 2.24) is 4.57 Å². The third-order valence-corrected chi connectivity index (χ3v) is 14.4. The van der Waals surface area contributed by atoms with Crippen LogP contribution in [0.2, 0.25) is 29.6 Å². The van der Waals surface area contributed by atoms with E-state index < -0.39 is 36.8 Å². The number of para-hydroxylation sites is 1. The molecule has 3 heteroatoms. The molecule has 0 saturated heterocycles. The molecule has 0 bridgehead atoms. The van der Waals surface area contributed by atoms with Gasteiger partial charge in [-0.05, 0) is 0 Å². The Bertz CT molecular complexity index is 525. The molecule has 2 aromatic rings. The molecule has 0 aliphatic heterocycles. The molecule has 102 valence electrons. The Hall–Kier alpha value is 0.0974. The SMILES string of the molecule is [CH3][Sn]([CH3])([CH3])[c]1cc[c]([Sn]([CH3])([CH3])[CH3])n1-c1ccccc1. The van der Waals surface area contributed by atoms with Gasteiger partial charge >= 0.3 is 127 Å². The molecule has 0 spiro atoms. The molecule has 2 rings (SSSR count).